The van der Waals surface area contributed by atoms with Crippen LogP contribution in [0.1, 0.15) is 5.56 Å². The highest BCUT2D eigenvalue weighted by Gasteiger charge is 2.09. The summed E-state index contributed by atoms with van der Waals surface area (Å²) >= 11 is 5.90. The van der Waals surface area contributed by atoms with E-state index in [4.69, 9.17) is 27.3 Å². The molecule has 1 aromatic heterocycles. The number of benzene rings is 1. The Balaban J connectivity index is 2.08. The number of amidine groups is 1. The molecule has 0 bridgehead atoms. The molecule has 0 aliphatic rings. The second-order valence-corrected chi connectivity index (χ2v) is 4.18. The van der Waals surface area contributed by atoms with Gasteiger partial charge in [-0.15, -0.1) is 0 Å². The Morgan fingerprint density at radius 1 is 1.53 bits per heavy atom. The van der Waals surface area contributed by atoms with E-state index in [1.54, 1.807) is 29.1 Å². The van der Waals surface area contributed by atoms with Crippen LogP contribution in [0.25, 0.3) is 0 Å². The Hall–Kier alpha value is -2.21. The normalized spacial score (nSPS) is 11.5. The van der Waals surface area contributed by atoms with Gasteiger partial charge in [-0.2, -0.15) is 5.10 Å². The van der Waals surface area contributed by atoms with Crippen molar-refractivity contribution < 1.29 is 9.94 Å². The molecule has 3 N–H and O–H groups in total. The van der Waals surface area contributed by atoms with Gasteiger partial charge in [0.1, 0.15) is 12.4 Å². The van der Waals surface area contributed by atoms with Crippen LogP contribution in [0.5, 0.6) is 5.75 Å². The quantitative estimate of drug-likeness (QED) is 0.378. The van der Waals surface area contributed by atoms with E-state index in [-0.39, 0.29) is 5.84 Å². The van der Waals surface area contributed by atoms with Gasteiger partial charge in [-0.1, -0.05) is 16.8 Å². The number of rotatable bonds is 5. The highest BCUT2D eigenvalue weighted by atomic mass is 35.5. The first-order valence-corrected chi connectivity index (χ1v) is 5.96. The number of nitrogens with zero attached hydrogens (tertiary/aromatic N) is 3. The standard InChI is InChI=1S/C12H13ClN4O2/c13-9-2-3-10(12(14)16-18)11(8-9)19-7-6-17-5-1-4-15-17/h1-5,8,18H,6-7H2,(H2,14,16). The van der Waals surface area contributed by atoms with Gasteiger partial charge in [0.25, 0.3) is 0 Å². The molecule has 0 radical (unpaired) electrons. The number of aromatic nitrogens is 2. The van der Waals surface area contributed by atoms with E-state index >= 15 is 0 Å². The number of oxime groups is 1. The molecule has 0 saturated heterocycles. The van der Waals surface area contributed by atoms with Gasteiger partial charge in [-0.3, -0.25) is 4.68 Å². The molecule has 0 unspecified atom stereocenters. The summed E-state index contributed by atoms with van der Waals surface area (Å²) in [6.07, 6.45) is 3.53. The first kappa shape index (κ1) is 13.2. The zero-order valence-electron chi connectivity index (χ0n) is 10.0. The molecule has 1 aromatic carbocycles. The lowest BCUT2D eigenvalue weighted by Crippen LogP contribution is -2.16. The maximum absolute atomic E-state index is 8.72. The first-order valence-electron chi connectivity index (χ1n) is 5.58. The Labute approximate surface area is 115 Å². The molecule has 19 heavy (non-hydrogen) atoms. The second-order valence-electron chi connectivity index (χ2n) is 3.74. The Bertz CT molecular complexity index is 569. The van der Waals surface area contributed by atoms with Crippen LogP contribution in [0.15, 0.2) is 41.8 Å². The van der Waals surface area contributed by atoms with Gasteiger partial charge in [-0.05, 0) is 24.3 Å². The lowest BCUT2D eigenvalue weighted by Gasteiger charge is -2.11. The summed E-state index contributed by atoms with van der Waals surface area (Å²) in [6, 6.07) is 6.75. The largest absolute Gasteiger partial charge is 0.491 e. The predicted octanol–water partition coefficient (Wildman–Crippen LogP) is 1.71. The van der Waals surface area contributed by atoms with Crippen molar-refractivity contribution in [2.45, 2.75) is 6.54 Å². The van der Waals surface area contributed by atoms with Gasteiger partial charge in [0.15, 0.2) is 5.84 Å². The SMILES string of the molecule is N/C(=N/O)c1ccc(Cl)cc1OCCn1cccn1. The summed E-state index contributed by atoms with van der Waals surface area (Å²) in [5, 5.41) is 16.3. The number of hydrogen-bond acceptors (Lipinski definition) is 4. The van der Waals surface area contributed by atoms with Crippen LogP contribution in [0.2, 0.25) is 5.02 Å². The minimum atomic E-state index is -0.0224. The summed E-state index contributed by atoms with van der Waals surface area (Å²) in [7, 11) is 0. The van der Waals surface area contributed by atoms with Crippen LogP contribution in [0.3, 0.4) is 0 Å². The Morgan fingerprint density at radius 2 is 2.37 bits per heavy atom. The van der Waals surface area contributed by atoms with Crippen molar-refractivity contribution >= 4 is 17.4 Å². The lowest BCUT2D eigenvalue weighted by atomic mass is 10.2. The van der Waals surface area contributed by atoms with Crippen molar-refractivity contribution in [3.8, 4) is 5.75 Å². The van der Waals surface area contributed by atoms with E-state index in [0.717, 1.165) is 0 Å². The molecule has 0 amide bonds. The molecule has 0 atom stereocenters. The van der Waals surface area contributed by atoms with Gasteiger partial charge < -0.3 is 15.7 Å². The zero-order chi connectivity index (χ0) is 13.7. The van der Waals surface area contributed by atoms with E-state index < -0.39 is 0 Å². The second kappa shape index (κ2) is 6.10. The maximum Gasteiger partial charge on any atom is 0.173 e. The lowest BCUT2D eigenvalue weighted by molar-refractivity contribution is 0.290. The number of ether oxygens (including phenoxy) is 1. The summed E-state index contributed by atoms with van der Waals surface area (Å²) in [5.41, 5.74) is 6.06. The third-order valence-electron chi connectivity index (χ3n) is 2.46. The summed E-state index contributed by atoms with van der Waals surface area (Å²) in [6.45, 7) is 0.989. The Morgan fingerprint density at radius 3 is 3.05 bits per heavy atom. The minimum absolute atomic E-state index is 0.0224. The van der Waals surface area contributed by atoms with Gasteiger partial charge in [-0.25, -0.2) is 0 Å². The predicted molar refractivity (Wildman–Crippen MR) is 71.7 cm³/mol. The number of nitrogens with two attached hydrogens (primary N) is 1. The number of halogens is 1. The van der Waals surface area contributed by atoms with Crippen LogP contribution < -0.4 is 10.5 Å². The van der Waals surface area contributed by atoms with Crippen molar-refractivity contribution in [3.05, 3.63) is 47.2 Å². The molecule has 0 spiro atoms. The molecule has 1 heterocycles. The molecule has 0 aliphatic heterocycles. The molecular weight excluding hydrogens is 268 g/mol. The van der Waals surface area contributed by atoms with E-state index in [0.29, 0.717) is 29.5 Å². The van der Waals surface area contributed by atoms with Gasteiger partial charge in [0.2, 0.25) is 0 Å². The zero-order valence-corrected chi connectivity index (χ0v) is 10.8. The van der Waals surface area contributed by atoms with Crippen molar-refractivity contribution in [1.82, 2.24) is 9.78 Å². The average molecular weight is 281 g/mol. The molecule has 0 saturated carbocycles. The van der Waals surface area contributed by atoms with E-state index in [2.05, 4.69) is 10.3 Å². The van der Waals surface area contributed by atoms with Crippen LogP contribution in [-0.2, 0) is 6.54 Å². The fraction of sp³-hybridized carbons (Fsp3) is 0.167. The van der Waals surface area contributed by atoms with Crippen LogP contribution in [-0.4, -0.2) is 27.4 Å². The number of hydrogen-bond donors (Lipinski definition) is 2. The minimum Gasteiger partial charge on any atom is -0.491 e. The van der Waals surface area contributed by atoms with Crippen molar-refractivity contribution in [3.63, 3.8) is 0 Å². The van der Waals surface area contributed by atoms with Gasteiger partial charge in [0, 0.05) is 17.4 Å². The van der Waals surface area contributed by atoms with Crippen molar-refractivity contribution in [2.24, 2.45) is 10.9 Å². The van der Waals surface area contributed by atoms with Gasteiger partial charge >= 0.3 is 0 Å². The topological polar surface area (TPSA) is 85.7 Å². The molecule has 2 rings (SSSR count). The average Bonchev–Trinajstić information content (AvgIpc) is 2.91. The van der Waals surface area contributed by atoms with Crippen LogP contribution in [0, 0.1) is 0 Å². The monoisotopic (exact) mass is 280 g/mol. The molecule has 100 valence electrons. The third-order valence-corrected chi connectivity index (χ3v) is 2.70. The molecule has 6 nitrogen and oxygen atoms in total. The fourth-order valence-corrected chi connectivity index (χ4v) is 1.73. The van der Waals surface area contributed by atoms with E-state index in [9.17, 15) is 0 Å². The highest BCUT2D eigenvalue weighted by Crippen LogP contribution is 2.23. The first-order chi connectivity index (χ1) is 9.20. The van der Waals surface area contributed by atoms with Crippen molar-refractivity contribution in [2.75, 3.05) is 6.61 Å². The van der Waals surface area contributed by atoms with Crippen molar-refractivity contribution in [1.29, 1.82) is 0 Å². The smallest absolute Gasteiger partial charge is 0.173 e. The van der Waals surface area contributed by atoms with Crippen LogP contribution in [0.4, 0.5) is 0 Å². The molecule has 0 fully saturated rings. The highest BCUT2D eigenvalue weighted by molar-refractivity contribution is 6.30. The summed E-state index contributed by atoms with van der Waals surface area (Å²) < 4.78 is 7.34. The molecule has 2 aromatic rings. The maximum atomic E-state index is 8.72. The summed E-state index contributed by atoms with van der Waals surface area (Å²) in [5.74, 6) is 0.445. The molecule has 7 heteroatoms. The third kappa shape index (κ3) is 3.38. The van der Waals surface area contributed by atoms with Gasteiger partial charge in [0.05, 0.1) is 12.1 Å². The van der Waals surface area contributed by atoms with E-state index in [1.165, 1.54) is 0 Å². The fourth-order valence-electron chi connectivity index (χ4n) is 1.56. The Kier molecular flexibility index (Phi) is 4.25. The molecule has 0 aliphatic carbocycles. The summed E-state index contributed by atoms with van der Waals surface area (Å²) in [4.78, 5) is 0. The molecular formula is C12H13ClN4O2. The van der Waals surface area contributed by atoms with E-state index in [1.807, 2.05) is 12.3 Å². The van der Waals surface area contributed by atoms with Crippen LogP contribution >= 0.6 is 11.6 Å².